The van der Waals surface area contributed by atoms with Crippen molar-refractivity contribution in [3.05, 3.63) is 73.2 Å². The Morgan fingerprint density at radius 3 is 2.65 bits per heavy atom. The maximum atomic E-state index is 11.7. The zero-order valence-electron chi connectivity index (χ0n) is 13.3. The van der Waals surface area contributed by atoms with Gasteiger partial charge < -0.3 is 4.74 Å². The van der Waals surface area contributed by atoms with Crippen LogP contribution in [-0.4, -0.2) is 23.7 Å². The second kappa shape index (κ2) is 9.83. The SMILES string of the molecule is O=C(COc1ccc([N+](=O)[O-])cc1Br)NN=CC(Br)=Cc1ccccc1. The van der Waals surface area contributed by atoms with Gasteiger partial charge in [0, 0.05) is 16.6 Å². The molecule has 0 saturated carbocycles. The summed E-state index contributed by atoms with van der Waals surface area (Å²) in [5.41, 5.74) is 3.24. The quantitative estimate of drug-likeness (QED) is 0.362. The van der Waals surface area contributed by atoms with Gasteiger partial charge >= 0.3 is 0 Å². The number of nitro benzene ring substituents is 1. The Labute approximate surface area is 166 Å². The largest absolute Gasteiger partial charge is 0.483 e. The summed E-state index contributed by atoms with van der Waals surface area (Å²) < 4.78 is 6.37. The van der Waals surface area contributed by atoms with Gasteiger partial charge in [0.15, 0.2) is 6.61 Å². The number of hydrogen-bond acceptors (Lipinski definition) is 5. The van der Waals surface area contributed by atoms with Gasteiger partial charge in [-0.05, 0) is 49.6 Å². The van der Waals surface area contributed by atoms with Crippen LogP contribution in [-0.2, 0) is 4.79 Å². The number of nitrogens with zero attached hydrogens (tertiary/aromatic N) is 2. The Kier molecular flexibility index (Phi) is 7.49. The first kappa shape index (κ1) is 19.8. The third kappa shape index (κ3) is 6.41. The van der Waals surface area contributed by atoms with E-state index in [4.69, 9.17) is 4.74 Å². The van der Waals surface area contributed by atoms with Crippen LogP contribution in [0.2, 0.25) is 0 Å². The summed E-state index contributed by atoms with van der Waals surface area (Å²) in [6, 6.07) is 13.6. The highest BCUT2D eigenvalue weighted by Crippen LogP contribution is 2.28. The predicted octanol–water partition coefficient (Wildman–Crippen LogP) is 4.27. The summed E-state index contributed by atoms with van der Waals surface area (Å²) in [6.45, 7) is -0.284. The minimum atomic E-state index is -0.517. The van der Waals surface area contributed by atoms with Crippen LogP contribution in [0.15, 0.2) is 62.6 Å². The van der Waals surface area contributed by atoms with Crippen molar-refractivity contribution in [2.75, 3.05) is 6.61 Å². The maximum absolute atomic E-state index is 11.7. The molecule has 0 saturated heterocycles. The van der Waals surface area contributed by atoms with Crippen LogP contribution in [0.3, 0.4) is 0 Å². The summed E-state index contributed by atoms with van der Waals surface area (Å²) in [7, 11) is 0. The van der Waals surface area contributed by atoms with Crippen molar-refractivity contribution in [1.82, 2.24) is 5.43 Å². The number of hydrazone groups is 1. The summed E-state index contributed by atoms with van der Waals surface area (Å²) in [5, 5.41) is 14.5. The topological polar surface area (TPSA) is 93.8 Å². The van der Waals surface area contributed by atoms with Crippen LogP contribution < -0.4 is 10.2 Å². The van der Waals surface area contributed by atoms with E-state index in [1.54, 1.807) is 0 Å². The number of hydrogen-bond donors (Lipinski definition) is 1. The number of ether oxygens (including phenoxy) is 1. The lowest BCUT2D eigenvalue weighted by Gasteiger charge is -2.06. The second-order valence-corrected chi connectivity index (χ2v) is 6.66. The number of carbonyl (C=O) groups excluding carboxylic acids is 1. The van der Waals surface area contributed by atoms with Crippen molar-refractivity contribution in [3.8, 4) is 5.75 Å². The van der Waals surface area contributed by atoms with Crippen LogP contribution >= 0.6 is 31.9 Å². The first-order chi connectivity index (χ1) is 12.5. The van der Waals surface area contributed by atoms with Crippen LogP contribution in [0.1, 0.15) is 5.56 Å². The van der Waals surface area contributed by atoms with Gasteiger partial charge in [0.1, 0.15) is 5.75 Å². The Morgan fingerprint density at radius 1 is 1.27 bits per heavy atom. The van der Waals surface area contributed by atoms with Crippen molar-refractivity contribution in [1.29, 1.82) is 0 Å². The predicted molar refractivity (Wildman–Crippen MR) is 106 cm³/mol. The van der Waals surface area contributed by atoms with E-state index in [2.05, 4.69) is 42.4 Å². The number of non-ortho nitro benzene ring substituents is 1. The van der Waals surface area contributed by atoms with Crippen molar-refractivity contribution in [2.45, 2.75) is 0 Å². The van der Waals surface area contributed by atoms with Gasteiger partial charge in [-0.1, -0.05) is 30.3 Å². The maximum Gasteiger partial charge on any atom is 0.277 e. The Hall–Kier alpha value is -2.52. The number of halogens is 2. The molecule has 0 bridgehead atoms. The number of allylic oxidation sites excluding steroid dienone is 1. The second-order valence-electron chi connectivity index (χ2n) is 4.89. The zero-order chi connectivity index (χ0) is 18.9. The standard InChI is InChI=1S/C17H13Br2N3O4/c18-13(8-12-4-2-1-3-5-12)10-20-21-17(23)11-26-16-7-6-14(22(24)25)9-15(16)19/h1-10H,11H2,(H,21,23). The molecule has 2 rings (SSSR count). The van der Waals surface area contributed by atoms with Gasteiger partial charge in [-0.3, -0.25) is 14.9 Å². The van der Waals surface area contributed by atoms with Gasteiger partial charge in [0.2, 0.25) is 0 Å². The summed E-state index contributed by atoms with van der Waals surface area (Å²) >= 11 is 6.50. The molecule has 0 aliphatic carbocycles. The molecule has 7 nitrogen and oxygen atoms in total. The molecule has 0 radical (unpaired) electrons. The summed E-state index contributed by atoms with van der Waals surface area (Å²) in [4.78, 5) is 21.9. The van der Waals surface area contributed by atoms with E-state index >= 15 is 0 Å². The highest BCUT2D eigenvalue weighted by Gasteiger charge is 2.11. The number of nitrogens with one attached hydrogen (secondary N) is 1. The third-order valence-electron chi connectivity index (χ3n) is 2.97. The number of rotatable bonds is 7. The Balaban J connectivity index is 1.84. The van der Waals surface area contributed by atoms with Crippen molar-refractivity contribution < 1.29 is 14.5 Å². The minimum absolute atomic E-state index is 0.0756. The average molecular weight is 483 g/mol. The Bertz CT molecular complexity index is 854. The lowest BCUT2D eigenvalue weighted by molar-refractivity contribution is -0.384. The smallest absolute Gasteiger partial charge is 0.277 e. The molecular formula is C17H13Br2N3O4. The van der Waals surface area contributed by atoms with E-state index < -0.39 is 10.8 Å². The van der Waals surface area contributed by atoms with Gasteiger partial charge in [0.05, 0.1) is 15.6 Å². The number of benzene rings is 2. The summed E-state index contributed by atoms with van der Waals surface area (Å²) in [5.74, 6) is -0.147. The summed E-state index contributed by atoms with van der Waals surface area (Å²) in [6.07, 6.45) is 3.30. The molecule has 0 aliphatic heterocycles. The molecule has 0 spiro atoms. The van der Waals surface area contributed by atoms with E-state index in [1.165, 1.54) is 24.4 Å². The molecule has 2 aromatic rings. The van der Waals surface area contributed by atoms with Gasteiger partial charge in [0.25, 0.3) is 11.6 Å². The molecule has 0 fully saturated rings. The van der Waals surface area contributed by atoms with Crippen molar-refractivity contribution in [2.24, 2.45) is 5.10 Å². The van der Waals surface area contributed by atoms with Gasteiger partial charge in [-0.2, -0.15) is 5.10 Å². The molecule has 9 heteroatoms. The molecule has 26 heavy (non-hydrogen) atoms. The highest BCUT2D eigenvalue weighted by molar-refractivity contribution is 9.12. The highest BCUT2D eigenvalue weighted by atomic mass is 79.9. The molecule has 2 aromatic carbocycles. The normalized spacial score (nSPS) is 11.4. The Morgan fingerprint density at radius 2 is 2.00 bits per heavy atom. The minimum Gasteiger partial charge on any atom is -0.483 e. The van der Waals surface area contributed by atoms with Gasteiger partial charge in [-0.15, -0.1) is 0 Å². The molecular weight excluding hydrogens is 470 g/mol. The van der Waals surface area contributed by atoms with Crippen molar-refractivity contribution >= 4 is 55.7 Å². The van der Waals surface area contributed by atoms with Gasteiger partial charge in [-0.25, -0.2) is 5.43 Å². The van der Waals surface area contributed by atoms with Crippen molar-refractivity contribution in [3.63, 3.8) is 0 Å². The molecule has 0 unspecified atom stereocenters. The molecule has 1 amide bonds. The van der Waals surface area contributed by atoms with E-state index in [0.29, 0.717) is 14.7 Å². The fourth-order valence-corrected chi connectivity index (χ4v) is 2.66. The number of amides is 1. The fourth-order valence-electron chi connectivity index (χ4n) is 1.81. The van der Waals surface area contributed by atoms with Crippen LogP contribution in [0.4, 0.5) is 5.69 Å². The molecule has 134 valence electrons. The van der Waals surface area contributed by atoms with E-state index in [9.17, 15) is 14.9 Å². The van der Waals surface area contributed by atoms with Crippen LogP contribution in [0.25, 0.3) is 6.08 Å². The number of carbonyl (C=O) groups is 1. The average Bonchev–Trinajstić information content (AvgIpc) is 2.61. The molecule has 1 N–H and O–H groups in total. The lowest BCUT2D eigenvalue weighted by atomic mass is 10.2. The first-order valence-corrected chi connectivity index (χ1v) is 8.85. The van der Waals surface area contributed by atoms with E-state index in [-0.39, 0.29) is 12.3 Å². The number of nitro groups is 1. The lowest BCUT2D eigenvalue weighted by Crippen LogP contribution is -2.24. The van der Waals surface area contributed by atoms with Crippen LogP contribution in [0, 0.1) is 10.1 Å². The molecule has 0 aromatic heterocycles. The monoisotopic (exact) mass is 481 g/mol. The first-order valence-electron chi connectivity index (χ1n) is 7.26. The van der Waals surface area contributed by atoms with Crippen LogP contribution in [0.5, 0.6) is 5.75 Å². The molecule has 0 heterocycles. The third-order valence-corrected chi connectivity index (χ3v) is 4.02. The van der Waals surface area contributed by atoms with E-state index in [0.717, 1.165) is 5.56 Å². The van der Waals surface area contributed by atoms with E-state index in [1.807, 2.05) is 36.4 Å². The fraction of sp³-hybridized carbons (Fsp3) is 0.0588. The molecule has 0 atom stereocenters. The zero-order valence-corrected chi connectivity index (χ0v) is 16.4. The molecule has 0 aliphatic rings.